The van der Waals surface area contributed by atoms with Gasteiger partial charge >= 0.3 is 6.03 Å². The van der Waals surface area contributed by atoms with Gasteiger partial charge in [-0.05, 0) is 25.0 Å². The van der Waals surface area contributed by atoms with Crippen LogP contribution in [-0.4, -0.2) is 30.1 Å². The maximum absolute atomic E-state index is 11.0. The molecule has 6 heteroatoms. The van der Waals surface area contributed by atoms with Crippen molar-refractivity contribution in [2.75, 3.05) is 13.1 Å². The van der Waals surface area contributed by atoms with E-state index in [2.05, 4.69) is 27.5 Å². The van der Waals surface area contributed by atoms with Crippen LogP contribution in [0.15, 0.2) is 23.3 Å². The molecule has 0 aliphatic heterocycles. The number of amides is 2. The molecule has 0 radical (unpaired) electrons. The maximum atomic E-state index is 11.0. The Labute approximate surface area is 126 Å². The number of carbonyl (C=O) groups is 1. The molecule has 1 heterocycles. The number of unbranched alkanes of at least 4 members (excludes halogenated alkanes) is 2. The number of nitrogens with zero attached hydrogens (tertiary/aromatic N) is 2. The van der Waals surface area contributed by atoms with Crippen molar-refractivity contribution in [1.29, 1.82) is 0 Å². The van der Waals surface area contributed by atoms with Crippen LogP contribution in [0.3, 0.4) is 0 Å². The minimum Gasteiger partial charge on any atom is -0.356 e. The van der Waals surface area contributed by atoms with Crippen LogP contribution >= 0.6 is 0 Å². The van der Waals surface area contributed by atoms with Crippen LogP contribution in [0.5, 0.6) is 0 Å². The van der Waals surface area contributed by atoms with Crippen molar-refractivity contribution in [3.63, 3.8) is 0 Å². The minimum absolute atomic E-state index is 0.437. The van der Waals surface area contributed by atoms with Crippen molar-refractivity contribution in [2.45, 2.75) is 39.5 Å². The monoisotopic (exact) mass is 291 g/mol. The summed E-state index contributed by atoms with van der Waals surface area (Å²) in [5, 5.41) is 5.62. The molecule has 1 rings (SSSR count). The van der Waals surface area contributed by atoms with Gasteiger partial charge in [0.2, 0.25) is 0 Å². The van der Waals surface area contributed by atoms with Crippen LogP contribution in [0.4, 0.5) is 4.79 Å². The Kier molecular flexibility index (Phi) is 7.86. The Morgan fingerprint density at radius 1 is 1.43 bits per heavy atom. The number of aromatic nitrogens is 1. The average Bonchev–Trinajstić information content (AvgIpc) is 2.45. The first-order chi connectivity index (χ1) is 10.1. The zero-order chi connectivity index (χ0) is 15.5. The molecule has 0 aliphatic carbocycles. The molecule has 6 nitrogen and oxygen atoms in total. The van der Waals surface area contributed by atoms with E-state index in [4.69, 9.17) is 5.73 Å². The van der Waals surface area contributed by atoms with Crippen LogP contribution in [0, 0.1) is 6.92 Å². The molecular weight excluding hydrogens is 266 g/mol. The molecule has 4 N–H and O–H groups in total. The number of carbonyl (C=O) groups excluding carboxylic acids is 1. The van der Waals surface area contributed by atoms with Crippen molar-refractivity contribution in [3.8, 4) is 0 Å². The molecule has 0 atom stereocenters. The molecule has 0 spiro atoms. The van der Waals surface area contributed by atoms with Gasteiger partial charge in [0.25, 0.3) is 0 Å². The molecule has 21 heavy (non-hydrogen) atoms. The van der Waals surface area contributed by atoms with Gasteiger partial charge in [0.15, 0.2) is 5.96 Å². The Balaban J connectivity index is 2.45. The molecule has 0 aliphatic rings. The summed E-state index contributed by atoms with van der Waals surface area (Å²) in [7, 11) is 0. The summed E-state index contributed by atoms with van der Waals surface area (Å²) in [6.45, 7) is 5.49. The Morgan fingerprint density at radius 2 is 2.24 bits per heavy atom. The number of hydrogen-bond acceptors (Lipinski definition) is 3. The van der Waals surface area contributed by atoms with E-state index in [0.717, 1.165) is 36.9 Å². The predicted octanol–water partition coefficient (Wildman–Crippen LogP) is 1.74. The molecule has 0 saturated carbocycles. The van der Waals surface area contributed by atoms with Gasteiger partial charge in [-0.1, -0.05) is 25.8 Å². The molecule has 0 bridgehead atoms. The lowest BCUT2D eigenvalue weighted by molar-refractivity contribution is 0.253. The fourth-order valence-corrected chi connectivity index (χ4v) is 1.89. The number of pyridine rings is 1. The van der Waals surface area contributed by atoms with Gasteiger partial charge in [0, 0.05) is 31.4 Å². The molecule has 1 aromatic rings. The van der Waals surface area contributed by atoms with Gasteiger partial charge in [-0.3, -0.25) is 15.3 Å². The average molecular weight is 291 g/mol. The largest absolute Gasteiger partial charge is 0.356 e. The first-order valence-electron chi connectivity index (χ1n) is 7.38. The van der Waals surface area contributed by atoms with Crippen LogP contribution in [0.2, 0.25) is 0 Å². The van der Waals surface area contributed by atoms with Crippen LogP contribution in [0.1, 0.15) is 37.4 Å². The summed E-state index contributed by atoms with van der Waals surface area (Å²) in [5.74, 6) is 0.437. The van der Waals surface area contributed by atoms with Gasteiger partial charge < -0.3 is 11.1 Å². The highest BCUT2D eigenvalue weighted by Gasteiger charge is 2.03. The molecule has 0 fully saturated rings. The number of nitrogens with two attached hydrogens (primary N) is 1. The van der Waals surface area contributed by atoms with Gasteiger partial charge in [-0.15, -0.1) is 0 Å². The lowest BCUT2D eigenvalue weighted by atomic mass is 10.2. The molecular formula is C15H25N5O. The molecule has 2 amide bonds. The van der Waals surface area contributed by atoms with Crippen molar-refractivity contribution in [3.05, 3.63) is 29.6 Å². The van der Waals surface area contributed by atoms with Crippen LogP contribution in [-0.2, 0) is 6.42 Å². The van der Waals surface area contributed by atoms with Gasteiger partial charge in [0.1, 0.15) is 0 Å². The van der Waals surface area contributed by atoms with Crippen molar-refractivity contribution < 1.29 is 4.79 Å². The second-order valence-corrected chi connectivity index (χ2v) is 4.87. The molecule has 116 valence electrons. The molecule has 1 aromatic heterocycles. The van der Waals surface area contributed by atoms with Crippen molar-refractivity contribution in [2.24, 2.45) is 10.7 Å². The molecule has 0 aromatic carbocycles. The number of urea groups is 1. The fourth-order valence-electron chi connectivity index (χ4n) is 1.89. The number of rotatable bonds is 7. The molecule has 0 unspecified atom stereocenters. The number of primary amides is 1. The molecule has 0 saturated heterocycles. The number of nitrogens with one attached hydrogen (secondary N) is 2. The highest BCUT2D eigenvalue weighted by molar-refractivity contribution is 5.95. The first-order valence-corrected chi connectivity index (χ1v) is 7.38. The number of guanidine groups is 1. The van der Waals surface area contributed by atoms with Gasteiger partial charge in [-0.25, -0.2) is 4.79 Å². The van der Waals surface area contributed by atoms with E-state index in [9.17, 15) is 4.79 Å². The van der Waals surface area contributed by atoms with E-state index in [1.165, 1.54) is 0 Å². The lowest BCUT2D eigenvalue weighted by Gasteiger charge is -2.10. The Morgan fingerprint density at radius 3 is 2.90 bits per heavy atom. The second-order valence-electron chi connectivity index (χ2n) is 4.87. The zero-order valence-electron chi connectivity index (χ0n) is 12.9. The van der Waals surface area contributed by atoms with E-state index < -0.39 is 6.03 Å². The second kappa shape index (κ2) is 9.74. The zero-order valence-corrected chi connectivity index (χ0v) is 12.9. The van der Waals surface area contributed by atoms with E-state index in [-0.39, 0.29) is 0 Å². The standard InChI is InChI=1S/C15H25N5O/c1-3-4-5-9-18-15(20-14(16)21)19-11-8-13-12(2)7-6-10-17-13/h6-7,10H,3-5,8-9,11H2,1-2H3,(H4,16,18,19,20,21). The SMILES string of the molecule is CCCCCN=C(NCCc1ncccc1C)NC(N)=O. The predicted molar refractivity (Wildman–Crippen MR) is 85.2 cm³/mol. The number of hydrogen-bond donors (Lipinski definition) is 3. The highest BCUT2D eigenvalue weighted by Crippen LogP contribution is 2.02. The Bertz CT molecular complexity index is 473. The minimum atomic E-state index is -0.606. The summed E-state index contributed by atoms with van der Waals surface area (Å²) >= 11 is 0. The normalized spacial score (nSPS) is 11.2. The third-order valence-electron chi connectivity index (χ3n) is 3.05. The fraction of sp³-hybridized carbons (Fsp3) is 0.533. The highest BCUT2D eigenvalue weighted by atomic mass is 16.2. The summed E-state index contributed by atoms with van der Waals surface area (Å²) in [5.41, 5.74) is 7.34. The summed E-state index contributed by atoms with van der Waals surface area (Å²) in [6, 6.07) is 3.34. The van der Waals surface area contributed by atoms with E-state index in [1.807, 2.05) is 19.1 Å². The maximum Gasteiger partial charge on any atom is 0.318 e. The van der Waals surface area contributed by atoms with E-state index in [0.29, 0.717) is 19.0 Å². The summed E-state index contributed by atoms with van der Waals surface area (Å²) in [4.78, 5) is 19.6. The third kappa shape index (κ3) is 7.29. The Hall–Kier alpha value is -2.11. The smallest absolute Gasteiger partial charge is 0.318 e. The topological polar surface area (TPSA) is 92.4 Å². The van der Waals surface area contributed by atoms with Gasteiger partial charge in [0.05, 0.1) is 0 Å². The van der Waals surface area contributed by atoms with E-state index >= 15 is 0 Å². The number of aliphatic imine (C=N–C) groups is 1. The lowest BCUT2D eigenvalue weighted by Crippen LogP contribution is -2.44. The first kappa shape index (κ1) is 16.9. The summed E-state index contributed by atoms with van der Waals surface area (Å²) < 4.78 is 0. The summed E-state index contributed by atoms with van der Waals surface area (Å²) in [6.07, 6.45) is 5.81. The van der Waals surface area contributed by atoms with Crippen LogP contribution in [0.25, 0.3) is 0 Å². The van der Waals surface area contributed by atoms with E-state index in [1.54, 1.807) is 6.20 Å². The van der Waals surface area contributed by atoms with Crippen molar-refractivity contribution >= 4 is 12.0 Å². The quantitative estimate of drug-likeness (QED) is 0.406. The third-order valence-corrected chi connectivity index (χ3v) is 3.05. The van der Waals surface area contributed by atoms with Gasteiger partial charge in [-0.2, -0.15) is 0 Å². The van der Waals surface area contributed by atoms with Crippen molar-refractivity contribution in [1.82, 2.24) is 15.6 Å². The number of aryl methyl sites for hydroxylation is 1. The van der Waals surface area contributed by atoms with Crippen LogP contribution < -0.4 is 16.4 Å².